The fourth-order valence-electron chi connectivity index (χ4n) is 5.26. The second kappa shape index (κ2) is 9.69. The summed E-state index contributed by atoms with van der Waals surface area (Å²) in [5.74, 6) is 0.200. The predicted molar refractivity (Wildman–Crippen MR) is 140 cm³/mol. The second-order valence-corrected chi connectivity index (χ2v) is 9.49. The molecule has 0 spiro atoms. The van der Waals surface area contributed by atoms with E-state index < -0.39 is 0 Å². The smallest absolute Gasteiger partial charge is 0.227 e. The molecule has 0 unspecified atom stereocenters. The second-order valence-electron chi connectivity index (χ2n) is 9.49. The van der Waals surface area contributed by atoms with Crippen LogP contribution in [0.4, 0.5) is 0 Å². The lowest BCUT2D eigenvalue weighted by molar-refractivity contribution is -0.133. The van der Waals surface area contributed by atoms with Crippen LogP contribution in [0.25, 0.3) is 11.1 Å². The van der Waals surface area contributed by atoms with Crippen molar-refractivity contribution in [2.45, 2.75) is 45.7 Å². The Hall–Kier alpha value is -3.65. The van der Waals surface area contributed by atoms with E-state index in [0.717, 1.165) is 29.5 Å². The molecule has 0 atom stereocenters. The molecule has 2 nitrogen and oxygen atoms in total. The fraction of sp³-hybridized carbons (Fsp3) is 0.219. The van der Waals surface area contributed by atoms with Crippen molar-refractivity contribution in [3.8, 4) is 11.1 Å². The predicted octanol–water partition coefficient (Wildman–Crippen LogP) is 6.71. The van der Waals surface area contributed by atoms with Crippen LogP contribution >= 0.6 is 0 Å². The molecule has 5 rings (SSSR count). The Balaban J connectivity index is 1.47. The van der Waals surface area contributed by atoms with E-state index in [1.54, 1.807) is 0 Å². The Morgan fingerprint density at radius 2 is 1.47 bits per heavy atom. The first-order valence-corrected chi connectivity index (χ1v) is 12.1. The molecule has 4 aromatic carbocycles. The molecular weight excluding hydrogens is 414 g/mol. The van der Waals surface area contributed by atoms with Crippen molar-refractivity contribution in [3.05, 3.63) is 130 Å². The Kier molecular flexibility index (Phi) is 6.31. The molecule has 4 aromatic rings. The lowest BCUT2D eigenvalue weighted by Crippen LogP contribution is -2.41. The summed E-state index contributed by atoms with van der Waals surface area (Å²) in [7, 11) is 0. The van der Waals surface area contributed by atoms with Gasteiger partial charge < -0.3 is 4.90 Å². The first-order valence-electron chi connectivity index (χ1n) is 12.1. The summed E-state index contributed by atoms with van der Waals surface area (Å²) in [5, 5.41) is 0. The number of carbonyl (C=O) groups excluding carboxylic acids is 1. The number of fused-ring (bicyclic) bond motifs is 1. The highest BCUT2D eigenvalue weighted by molar-refractivity contribution is 5.83. The lowest BCUT2D eigenvalue weighted by atomic mass is 9.93. The van der Waals surface area contributed by atoms with E-state index in [2.05, 4.69) is 110 Å². The van der Waals surface area contributed by atoms with Gasteiger partial charge in [0.25, 0.3) is 0 Å². The lowest BCUT2D eigenvalue weighted by Gasteiger charge is -2.30. The van der Waals surface area contributed by atoms with Gasteiger partial charge in [0.2, 0.25) is 5.91 Å². The molecule has 34 heavy (non-hydrogen) atoms. The molecule has 0 aliphatic heterocycles. The van der Waals surface area contributed by atoms with Crippen LogP contribution in [0, 0.1) is 13.8 Å². The maximum Gasteiger partial charge on any atom is 0.227 e. The molecule has 0 saturated carbocycles. The van der Waals surface area contributed by atoms with Gasteiger partial charge in [0.15, 0.2) is 0 Å². The Morgan fingerprint density at radius 3 is 2.18 bits per heavy atom. The third-order valence-electron chi connectivity index (χ3n) is 7.05. The first-order chi connectivity index (χ1) is 16.6. The molecular formula is C32H31NO. The summed E-state index contributed by atoms with van der Waals surface area (Å²) in [5.41, 5.74) is 9.77. The topological polar surface area (TPSA) is 20.3 Å². The molecule has 1 amide bonds. The van der Waals surface area contributed by atoms with Gasteiger partial charge in [-0.15, -0.1) is 0 Å². The normalized spacial score (nSPS) is 13.0. The van der Waals surface area contributed by atoms with Crippen molar-refractivity contribution in [2.24, 2.45) is 0 Å². The van der Waals surface area contributed by atoms with Crippen LogP contribution < -0.4 is 0 Å². The number of benzene rings is 4. The van der Waals surface area contributed by atoms with E-state index in [-0.39, 0.29) is 11.9 Å². The molecule has 0 N–H and O–H groups in total. The Labute approximate surface area is 202 Å². The fourth-order valence-corrected chi connectivity index (χ4v) is 5.26. The van der Waals surface area contributed by atoms with E-state index >= 15 is 0 Å². The van der Waals surface area contributed by atoms with E-state index in [9.17, 15) is 4.79 Å². The van der Waals surface area contributed by atoms with Crippen molar-refractivity contribution < 1.29 is 4.79 Å². The largest absolute Gasteiger partial charge is 0.334 e. The van der Waals surface area contributed by atoms with E-state index in [4.69, 9.17) is 0 Å². The van der Waals surface area contributed by atoms with Crippen molar-refractivity contribution in [1.82, 2.24) is 4.90 Å². The van der Waals surface area contributed by atoms with Gasteiger partial charge in [-0.2, -0.15) is 0 Å². The van der Waals surface area contributed by atoms with Crippen molar-refractivity contribution in [3.63, 3.8) is 0 Å². The molecule has 1 aliphatic carbocycles. The van der Waals surface area contributed by atoms with Crippen molar-refractivity contribution in [1.29, 1.82) is 0 Å². The quantitative estimate of drug-likeness (QED) is 0.323. The maximum absolute atomic E-state index is 14.0. The van der Waals surface area contributed by atoms with Gasteiger partial charge in [-0.1, -0.05) is 103 Å². The number of rotatable bonds is 6. The van der Waals surface area contributed by atoms with Gasteiger partial charge >= 0.3 is 0 Å². The molecule has 0 aromatic heterocycles. The van der Waals surface area contributed by atoms with Crippen LogP contribution in [0.1, 0.15) is 33.4 Å². The van der Waals surface area contributed by atoms with Gasteiger partial charge in [0.1, 0.15) is 0 Å². The summed E-state index contributed by atoms with van der Waals surface area (Å²) in [6.45, 7) is 4.87. The van der Waals surface area contributed by atoms with Crippen LogP contribution in [-0.2, 0) is 30.6 Å². The molecule has 1 aliphatic rings. The number of carbonyl (C=O) groups is 1. The summed E-state index contributed by atoms with van der Waals surface area (Å²) in [4.78, 5) is 16.1. The number of nitrogens with zero attached hydrogens (tertiary/aromatic N) is 1. The number of amides is 1. The highest BCUT2D eigenvalue weighted by Crippen LogP contribution is 2.30. The SMILES string of the molecule is Cc1cccc(CN(C(=O)Cc2c(C)cccc2-c2ccccc2)C2Cc3ccccc3C2)c1. The standard InChI is InChI=1S/C32H31NO/c1-23-10-8-12-25(18-23)22-33(29-19-27-15-6-7-16-28(27)20-29)32(34)21-31-24(2)11-9-17-30(31)26-13-4-3-5-14-26/h3-18,29H,19-22H2,1-2H3. The zero-order valence-electron chi connectivity index (χ0n) is 20.0. The molecule has 0 saturated heterocycles. The molecule has 0 heterocycles. The highest BCUT2D eigenvalue weighted by Gasteiger charge is 2.30. The third kappa shape index (κ3) is 4.68. The average molecular weight is 446 g/mol. The summed E-state index contributed by atoms with van der Waals surface area (Å²) in [6, 6.07) is 34.1. The third-order valence-corrected chi connectivity index (χ3v) is 7.05. The van der Waals surface area contributed by atoms with Crippen molar-refractivity contribution >= 4 is 5.91 Å². The zero-order chi connectivity index (χ0) is 23.5. The first kappa shape index (κ1) is 22.2. The average Bonchev–Trinajstić information content (AvgIpc) is 3.28. The van der Waals surface area contributed by atoms with Crippen LogP contribution in [0.15, 0.2) is 97.1 Å². The van der Waals surface area contributed by atoms with E-state index in [1.807, 2.05) is 6.07 Å². The van der Waals surface area contributed by atoms with Gasteiger partial charge in [-0.3, -0.25) is 4.79 Å². The Morgan fingerprint density at radius 1 is 0.794 bits per heavy atom. The summed E-state index contributed by atoms with van der Waals surface area (Å²) < 4.78 is 0. The minimum Gasteiger partial charge on any atom is -0.334 e. The molecule has 0 radical (unpaired) electrons. The zero-order valence-corrected chi connectivity index (χ0v) is 20.0. The van der Waals surface area contributed by atoms with Gasteiger partial charge in [0.05, 0.1) is 6.42 Å². The molecule has 0 fully saturated rings. The van der Waals surface area contributed by atoms with Crippen LogP contribution in [0.2, 0.25) is 0 Å². The minimum atomic E-state index is 0.189. The molecule has 170 valence electrons. The van der Waals surface area contributed by atoms with Crippen LogP contribution in [-0.4, -0.2) is 16.8 Å². The van der Waals surface area contributed by atoms with Gasteiger partial charge in [-0.25, -0.2) is 0 Å². The van der Waals surface area contributed by atoms with Gasteiger partial charge in [-0.05, 0) is 65.6 Å². The summed E-state index contributed by atoms with van der Waals surface area (Å²) >= 11 is 0. The number of aryl methyl sites for hydroxylation is 2. The number of hydrogen-bond acceptors (Lipinski definition) is 1. The van der Waals surface area contributed by atoms with Crippen molar-refractivity contribution in [2.75, 3.05) is 0 Å². The van der Waals surface area contributed by atoms with E-state index in [0.29, 0.717) is 13.0 Å². The molecule has 0 bridgehead atoms. The maximum atomic E-state index is 14.0. The van der Waals surface area contributed by atoms with E-state index in [1.165, 1.54) is 27.8 Å². The number of hydrogen-bond donors (Lipinski definition) is 0. The Bertz CT molecular complexity index is 1280. The molecule has 2 heteroatoms. The van der Waals surface area contributed by atoms with Crippen LogP contribution in [0.5, 0.6) is 0 Å². The van der Waals surface area contributed by atoms with Crippen LogP contribution in [0.3, 0.4) is 0 Å². The highest BCUT2D eigenvalue weighted by atomic mass is 16.2. The minimum absolute atomic E-state index is 0.189. The van der Waals surface area contributed by atoms with Gasteiger partial charge in [0, 0.05) is 12.6 Å². The monoisotopic (exact) mass is 445 g/mol. The summed E-state index contributed by atoms with van der Waals surface area (Å²) in [6.07, 6.45) is 2.26.